The minimum absolute atomic E-state index is 0.165. The van der Waals surface area contributed by atoms with E-state index in [0.717, 1.165) is 5.69 Å². The Hall–Kier alpha value is -1.64. The molecule has 0 spiro atoms. The zero-order chi connectivity index (χ0) is 14.8. The molecule has 0 fully saturated rings. The maximum Gasteiger partial charge on any atom is 0.242 e. The fraction of sp³-hybridized carbons (Fsp3) is 0.417. The summed E-state index contributed by atoms with van der Waals surface area (Å²) < 4.78 is 30.4. The molecule has 0 aliphatic rings. The van der Waals surface area contributed by atoms with Gasteiger partial charge < -0.3 is 10.3 Å². The van der Waals surface area contributed by atoms with Crippen molar-refractivity contribution in [2.75, 3.05) is 0 Å². The van der Waals surface area contributed by atoms with E-state index in [9.17, 15) is 8.42 Å². The minimum atomic E-state index is -3.55. The van der Waals surface area contributed by atoms with Crippen molar-refractivity contribution in [3.05, 3.63) is 35.9 Å². The summed E-state index contributed by atoms with van der Waals surface area (Å²) in [6, 6.07) is 3.37. The molecule has 2 rings (SSSR count). The van der Waals surface area contributed by atoms with E-state index >= 15 is 0 Å². The zero-order valence-electron chi connectivity index (χ0n) is 11.6. The molecule has 2 heterocycles. The predicted molar refractivity (Wildman–Crippen MR) is 75.2 cm³/mol. The molecule has 0 unspecified atom stereocenters. The van der Waals surface area contributed by atoms with Crippen LogP contribution in [0.4, 0.5) is 0 Å². The van der Waals surface area contributed by atoms with Crippen molar-refractivity contribution >= 4 is 10.0 Å². The van der Waals surface area contributed by atoms with Crippen LogP contribution in [0.5, 0.6) is 0 Å². The van der Waals surface area contributed by atoms with Gasteiger partial charge in [-0.2, -0.15) is 5.10 Å². The third kappa shape index (κ3) is 3.09. The lowest BCUT2D eigenvalue weighted by Crippen LogP contribution is -2.23. The highest BCUT2D eigenvalue weighted by Crippen LogP contribution is 2.14. The number of nitrogens with two attached hydrogens (primary N) is 1. The van der Waals surface area contributed by atoms with Crippen molar-refractivity contribution in [2.45, 2.75) is 31.5 Å². The summed E-state index contributed by atoms with van der Waals surface area (Å²) in [6.07, 6.45) is 3.37. The first kappa shape index (κ1) is 14.8. The van der Waals surface area contributed by atoms with Gasteiger partial charge in [0.25, 0.3) is 0 Å². The second kappa shape index (κ2) is 5.78. The summed E-state index contributed by atoms with van der Waals surface area (Å²) in [5, 5.41) is 4.13. The van der Waals surface area contributed by atoms with Crippen LogP contribution in [0.15, 0.2) is 29.4 Å². The Morgan fingerprint density at radius 2 is 2.20 bits per heavy atom. The summed E-state index contributed by atoms with van der Waals surface area (Å²) >= 11 is 0. The average Bonchev–Trinajstić information content (AvgIpc) is 3.02. The van der Waals surface area contributed by atoms with Crippen molar-refractivity contribution in [3.63, 3.8) is 0 Å². The summed E-state index contributed by atoms with van der Waals surface area (Å²) in [5.74, 6) is 0. The van der Waals surface area contributed by atoms with Crippen LogP contribution in [0.1, 0.15) is 18.3 Å². The molecule has 3 N–H and O–H groups in total. The maximum absolute atomic E-state index is 12.2. The minimum Gasteiger partial charge on any atom is -0.349 e. The molecule has 0 atom stereocenters. The number of aromatic nitrogens is 3. The van der Waals surface area contributed by atoms with Crippen LogP contribution < -0.4 is 10.5 Å². The smallest absolute Gasteiger partial charge is 0.242 e. The lowest BCUT2D eigenvalue weighted by Gasteiger charge is -2.03. The number of nitrogens with one attached hydrogen (secondary N) is 1. The van der Waals surface area contributed by atoms with E-state index in [1.807, 2.05) is 11.5 Å². The molecule has 0 saturated heterocycles. The highest BCUT2D eigenvalue weighted by molar-refractivity contribution is 7.89. The van der Waals surface area contributed by atoms with Crippen LogP contribution in [0.3, 0.4) is 0 Å². The highest BCUT2D eigenvalue weighted by atomic mass is 32.2. The van der Waals surface area contributed by atoms with Gasteiger partial charge >= 0.3 is 0 Å². The molecule has 8 heteroatoms. The summed E-state index contributed by atoms with van der Waals surface area (Å²) in [6.45, 7) is 3.10. The monoisotopic (exact) mass is 297 g/mol. The molecule has 20 heavy (non-hydrogen) atoms. The fourth-order valence-electron chi connectivity index (χ4n) is 1.95. The molecule has 0 saturated carbocycles. The predicted octanol–water partition coefficient (Wildman–Crippen LogP) is 0.179. The Balaban J connectivity index is 2.15. The third-order valence-corrected chi connectivity index (χ3v) is 4.40. The highest BCUT2D eigenvalue weighted by Gasteiger charge is 2.17. The van der Waals surface area contributed by atoms with Crippen molar-refractivity contribution in [3.8, 4) is 0 Å². The molecule has 110 valence electrons. The van der Waals surface area contributed by atoms with Gasteiger partial charge in [-0.1, -0.05) is 0 Å². The Labute approximate surface area is 118 Å². The van der Waals surface area contributed by atoms with E-state index in [1.165, 1.54) is 0 Å². The van der Waals surface area contributed by atoms with Crippen LogP contribution in [0.25, 0.3) is 0 Å². The van der Waals surface area contributed by atoms with Crippen LogP contribution in [-0.4, -0.2) is 22.8 Å². The Morgan fingerprint density at radius 1 is 1.45 bits per heavy atom. The largest absolute Gasteiger partial charge is 0.349 e. The van der Waals surface area contributed by atoms with E-state index in [4.69, 9.17) is 5.73 Å². The quantitative estimate of drug-likeness (QED) is 0.795. The van der Waals surface area contributed by atoms with E-state index in [-0.39, 0.29) is 11.4 Å². The van der Waals surface area contributed by atoms with Crippen molar-refractivity contribution < 1.29 is 8.42 Å². The zero-order valence-corrected chi connectivity index (χ0v) is 12.4. The van der Waals surface area contributed by atoms with Crippen LogP contribution in [0.2, 0.25) is 0 Å². The van der Waals surface area contributed by atoms with Crippen LogP contribution in [-0.2, 0) is 36.7 Å². The lowest BCUT2D eigenvalue weighted by molar-refractivity contribution is 0.579. The van der Waals surface area contributed by atoms with Crippen molar-refractivity contribution in [2.24, 2.45) is 12.8 Å². The maximum atomic E-state index is 12.2. The number of hydrogen-bond acceptors (Lipinski definition) is 4. The molecule has 0 aliphatic heterocycles. The van der Waals surface area contributed by atoms with Crippen LogP contribution >= 0.6 is 0 Å². The average molecular weight is 297 g/mol. The van der Waals surface area contributed by atoms with Gasteiger partial charge in [-0.3, -0.25) is 4.68 Å². The third-order valence-electron chi connectivity index (χ3n) is 3.03. The second-order valence-corrected chi connectivity index (χ2v) is 6.23. The number of aryl methyl sites for hydroxylation is 2. The van der Waals surface area contributed by atoms with E-state index in [2.05, 4.69) is 9.82 Å². The molecule has 0 aromatic carbocycles. The number of hydrogen-bond donors (Lipinski definition) is 2. The first-order valence-electron chi connectivity index (χ1n) is 6.33. The Kier molecular flexibility index (Phi) is 4.26. The van der Waals surface area contributed by atoms with Crippen molar-refractivity contribution in [1.29, 1.82) is 0 Å². The molecule has 7 nitrogen and oxygen atoms in total. The van der Waals surface area contributed by atoms with E-state index in [0.29, 0.717) is 18.8 Å². The summed E-state index contributed by atoms with van der Waals surface area (Å²) in [7, 11) is -1.76. The van der Waals surface area contributed by atoms with Gasteiger partial charge in [0.15, 0.2) is 0 Å². The van der Waals surface area contributed by atoms with Crippen LogP contribution in [0, 0.1) is 0 Å². The molecule has 2 aromatic heterocycles. The first-order valence-corrected chi connectivity index (χ1v) is 7.82. The molecule has 0 amide bonds. The van der Waals surface area contributed by atoms with Gasteiger partial charge in [0.2, 0.25) is 10.0 Å². The van der Waals surface area contributed by atoms with Gasteiger partial charge in [0.1, 0.15) is 0 Å². The van der Waals surface area contributed by atoms with Gasteiger partial charge in [0.05, 0.1) is 17.1 Å². The lowest BCUT2D eigenvalue weighted by atomic mass is 10.4. The summed E-state index contributed by atoms with van der Waals surface area (Å²) in [4.78, 5) is 0.232. The molecule has 0 bridgehead atoms. The Morgan fingerprint density at radius 3 is 2.70 bits per heavy atom. The van der Waals surface area contributed by atoms with E-state index in [1.54, 1.807) is 36.3 Å². The van der Waals surface area contributed by atoms with Gasteiger partial charge in [0, 0.05) is 38.2 Å². The summed E-state index contributed by atoms with van der Waals surface area (Å²) in [5.41, 5.74) is 7.07. The normalized spacial score (nSPS) is 11.9. The fourth-order valence-corrected chi connectivity index (χ4v) is 3.01. The molecule has 0 aliphatic carbocycles. The van der Waals surface area contributed by atoms with Gasteiger partial charge in [-0.25, -0.2) is 13.1 Å². The van der Waals surface area contributed by atoms with Gasteiger partial charge in [-0.15, -0.1) is 0 Å². The molecular weight excluding hydrogens is 278 g/mol. The molecular formula is C12H19N5O2S. The topological polar surface area (TPSA) is 94.9 Å². The Bertz CT molecular complexity index is 665. The number of nitrogens with zero attached hydrogens (tertiary/aromatic N) is 3. The number of rotatable bonds is 6. The first-order chi connectivity index (χ1) is 9.46. The molecule has 0 radical (unpaired) electrons. The van der Waals surface area contributed by atoms with E-state index < -0.39 is 10.0 Å². The standard InChI is InChI=1S/C12H19N5O2S/c1-3-17-9-12(6-11(17)7-13)20(18,19)14-8-10-4-5-16(2)15-10/h4-6,9,14H,3,7-8,13H2,1-2H3. The van der Waals surface area contributed by atoms with Gasteiger partial charge in [-0.05, 0) is 19.1 Å². The molecule has 2 aromatic rings. The second-order valence-electron chi connectivity index (χ2n) is 4.46. The number of sulfonamides is 1. The SMILES string of the molecule is CCn1cc(S(=O)(=O)NCc2ccn(C)n2)cc1CN. The van der Waals surface area contributed by atoms with Crippen molar-refractivity contribution in [1.82, 2.24) is 19.1 Å².